The van der Waals surface area contributed by atoms with Crippen LogP contribution in [0.15, 0.2) is 12.4 Å². The third-order valence-electron chi connectivity index (χ3n) is 1.55. The molecule has 0 aliphatic heterocycles. The summed E-state index contributed by atoms with van der Waals surface area (Å²) < 4.78 is 25.3. The molecule has 0 fully saturated rings. The van der Waals surface area contributed by atoms with Crippen molar-refractivity contribution in [2.24, 2.45) is 0 Å². The summed E-state index contributed by atoms with van der Waals surface area (Å²) in [6.07, 6.45) is 1.52. The van der Waals surface area contributed by atoms with Gasteiger partial charge in [-0.05, 0) is 6.92 Å². The number of hydrogen-bond donors (Lipinski definition) is 1. The predicted molar refractivity (Wildman–Crippen MR) is 43.1 cm³/mol. The van der Waals surface area contributed by atoms with E-state index in [0.29, 0.717) is 5.69 Å². The lowest BCUT2D eigenvalue weighted by molar-refractivity contribution is -0.164. The maximum absolute atomic E-state index is 12.7. The van der Waals surface area contributed by atoms with Gasteiger partial charge in [-0.15, -0.1) is 0 Å². The fourth-order valence-electron chi connectivity index (χ4n) is 0.814. The molecule has 14 heavy (non-hydrogen) atoms. The molecule has 0 saturated heterocycles. The standard InChI is InChI=1S/C8H8F2N2O2/c1-5-3-12-6(4-11-5)2-8(9,10)7(13)14/h3-4H,2H2,1H3,(H,13,14). The van der Waals surface area contributed by atoms with Gasteiger partial charge in [-0.2, -0.15) is 8.78 Å². The summed E-state index contributed by atoms with van der Waals surface area (Å²) >= 11 is 0. The molecule has 6 heteroatoms. The van der Waals surface area contributed by atoms with Crippen molar-refractivity contribution < 1.29 is 18.7 Å². The van der Waals surface area contributed by atoms with Crippen LogP contribution in [0.4, 0.5) is 8.78 Å². The first-order chi connectivity index (χ1) is 6.42. The zero-order chi connectivity index (χ0) is 10.8. The monoisotopic (exact) mass is 202 g/mol. The van der Waals surface area contributed by atoms with Crippen molar-refractivity contribution in [3.05, 3.63) is 23.8 Å². The summed E-state index contributed by atoms with van der Waals surface area (Å²) in [6.45, 7) is 1.66. The molecule has 0 aromatic carbocycles. The second kappa shape index (κ2) is 3.65. The summed E-state index contributed by atoms with van der Waals surface area (Å²) in [5.74, 6) is -5.94. The highest BCUT2D eigenvalue weighted by molar-refractivity contribution is 5.75. The molecule has 0 saturated carbocycles. The maximum Gasteiger partial charge on any atom is 0.374 e. The molecule has 1 aromatic heterocycles. The molecule has 1 aromatic rings. The zero-order valence-corrected chi connectivity index (χ0v) is 7.37. The van der Waals surface area contributed by atoms with Crippen LogP contribution in [-0.2, 0) is 11.2 Å². The van der Waals surface area contributed by atoms with Crippen LogP contribution in [0.1, 0.15) is 11.4 Å². The van der Waals surface area contributed by atoms with Crippen molar-refractivity contribution in [2.75, 3.05) is 0 Å². The van der Waals surface area contributed by atoms with E-state index >= 15 is 0 Å². The summed E-state index contributed by atoms with van der Waals surface area (Å²) in [7, 11) is 0. The smallest absolute Gasteiger partial charge is 0.374 e. The number of hydrogen-bond acceptors (Lipinski definition) is 3. The van der Waals surface area contributed by atoms with E-state index in [2.05, 4.69) is 9.97 Å². The quantitative estimate of drug-likeness (QED) is 0.795. The van der Waals surface area contributed by atoms with Crippen LogP contribution in [0.3, 0.4) is 0 Å². The fraction of sp³-hybridized carbons (Fsp3) is 0.375. The second-order valence-corrected chi connectivity index (χ2v) is 2.84. The average molecular weight is 202 g/mol. The second-order valence-electron chi connectivity index (χ2n) is 2.84. The Kier molecular flexibility index (Phi) is 2.73. The highest BCUT2D eigenvalue weighted by atomic mass is 19.3. The molecule has 76 valence electrons. The van der Waals surface area contributed by atoms with Gasteiger partial charge in [-0.3, -0.25) is 9.97 Å². The molecule has 0 aliphatic carbocycles. The van der Waals surface area contributed by atoms with Crippen LogP contribution >= 0.6 is 0 Å². The van der Waals surface area contributed by atoms with Gasteiger partial charge in [0.05, 0.1) is 17.8 Å². The number of nitrogens with zero attached hydrogens (tertiary/aromatic N) is 2. The van der Waals surface area contributed by atoms with Crippen molar-refractivity contribution in [3.63, 3.8) is 0 Å². The SMILES string of the molecule is Cc1cnc(CC(F)(F)C(=O)O)cn1. The minimum atomic E-state index is -3.79. The Morgan fingerprint density at radius 1 is 1.50 bits per heavy atom. The number of rotatable bonds is 3. The van der Waals surface area contributed by atoms with Gasteiger partial charge in [-0.25, -0.2) is 4.79 Å². The Labute approximate surface area is 78.6 Å². The van der Waals surface area contributed by atoms with Gasteiger partial charge < -0.3 is 5.11 Å². The molecule has 1 rings (SSSR count). The number of aliphatic carboxylic acids is 1. The lowest BCUT2D eigenvalue weighted by Crippen LogP contribution is -2.31. The highest BCUT2D eigenvalue weighted by Crippen LogP contribution is 2.18. The summed E-state index contributed by atoms with van der Waals surface area (Å²) in [5.41, 5.74) is 0.551. The first kappa shape index (κ1) is 10.5. The zero-order valence-electron chi connectivity index (χ0n) is 7.37. The third-order valence-corrected chi connectivity index (χ3v) is 1.55. The van der Waals surface area contributed by atoms with Crippen LogP contribution in [0.25, 0.3) is 0 Å². The van der Waals surface area contributed by atoms with Crippen LogP contribution in [0, 0.1) is 6.92 Å². The number of aromatic nitrogens is 2. The molecule has 0 bridgehead atoms. The number of alkyl halides is 2. The van der Waals surface area contributed by atoms with Crippen molar-refractivity contribution in [3.8, 4) is 0 Å². The van der Waals surface area contributed by atoms with Gasteiger partial charge in [0.25, 0.3) is 0 Å². The number of aryl methyl sites for hydroxylation is 1. The minimum absolute atomic E-state index is 0.0389. The van der Waals surface area contributed by atoms with Crippen molar-refractivity contribution >= 4 is 5.97 Å². The maximum atomic E-state index is 12.7. The van der Waals surface area contributed by atoms with E-state index in [1.54, 1.807) is 6.92 Å². The Morgan fingerprint density at radius 2 is 2.14 bits per heavy atom. The molecule has 0 radical (unpaired) electrons. The number of halogens is 2. The van der Waals surface area contributed by atoms with E-state index in [1.165, 1.54) is 6.20 Å². The van der Waals surface area contributed by atoms with E-state index in [1.807, 2.05) is 0 Å². The Hall–Kier alpha value is -1.59. The Bertz CT molecular complexity index is 338. The van der Waals surface area contributed by atoms with Gasteiger partial charge in [0.2, 0.25) is 0 Å². The minimum Gasteiger partial charge on any atom is -0.477 e. The summed E-state index contributed by atoms with van der Waals surface area (Å²) in [5, 5.41) is 8.16. The fourth-order valence-corrected chi connectivity index (χ4v) is 0.814. The average Bonchev–Trinajstić information content (AvgIpc) is 2.08. The molecule has 0 amide bonds. The Balaban J connectivity index is 2.79. The molecule has 4 nitrogen and oxygen atoms in total. The molecule has 1 N–H and O–H groups in total. The van der Waals surface area contributed by atoms with Gasteiger partial charge in [0.1, 0.15) is 0 Å². The predicted octanol–water partition coefficient (Wildman–Crippen LogP) is 1.05. The number of carboxylic acids is 1. The van der Waals surface area contributed by atoms with Crippen LogP contribution in [0.2, 0.25) is 0 Å². The van der Waals surface area contributed by atoms with Crippen molar-refractivity contribution in [1.82, 2.24) is 9.97 Å². The largest absolute Gasteiger partial charge is 0.477 e. The molecule has 0 unspecified atom stereocenters. The molecule has 0 aliphatic rings. The van der Waals surface area contributed by atoms with Crippen molar-refractivity contribution in [2.45, 2.75) is 19.3 Å². The molecule has 1 heterocycles. The Morgan fingerprint density at radius 3 is 2.57 bits per heavy atom. The molecule has 0 spiro atoms. The topological polar surface area (TPSA) is 63.1 Å². The van der Waals surface area contributed by atoms with Crippen LogP contribution in [0.5, 0.6) is 0 Å². The molecular weight excluding hydrogens is 194 g/mol. The van der Waals surface area contributed by atoms with Gasteiger partial charge >= 0.3 is 11.9 Å². The third kappa shape index (κ3) is 2.45. The lowest BCUT2D eigenvalue weighted by atomic mass is 10.2. The number of carbonyl (C=O) groups is 1. The lowest BCUT2D eigenvalue weighted by Gasteiger charge is -2.09. The first-order valence-corrected chi connectivity index (χ1v) is 3.80. The number of carboxylic acid groups (broad SMARTS) is 1. The first-order valence-electron chi connectivity index (χ1n) is 3.80. The highest BCUT2D eigenvalue weighted by Gasteiger charge is 2.39. The normalized spacial score (nSPS) is 11.4. The summed E-state index contributed by atoms with van der Waals surface area (Å²) in [4.78, 5) is 17.5. The van der Waals surface area contributed by atoms with E-state index in [0.717, 1.165) is 6.20 Å². The van der Waals surface area contributed by atoms with Gasteiger partial charge in [-0.1, -0.05) is 0 Å². The van der Waals surface area contributed by atoms with Crippen LogP contribution in [-0.4, -0.2) is 27.0 Å². The van der Waals surface area contributed by atoms with Crippen molar-refractivity contribution in [1.29, 1.82) is 0 Å². The van der Waals surface area contributed by atoms with E-state index in [4.69, 9.17) is 5.11 Å². The van der Waals surface area contributed by atoms with Crippen LogP contribution < -0.4 is 0 Å². The van der Waals surface area contributed by atoms with E-state index < -0.39 is 18.3 Å². The van der Waals surface area contributed by atoms with E-state index in [9.17, 15) is 13.6 Å². The van der Waals surface area contributed by atoms with Gasteiger partial charge in [0, 0.05) is 12.4 Å². The molecule has 0 atom stereocenters. The van der Waals surface area contributed by atoms with Gasteiger partial charge in [0.15, 0.2) is 0 Å². The summed E-state index contributed by atoms with van der Waals surface area (Å²) in [6, 6.07) is 0. The van der Waals surface area contributed by atoms with E-state index in [-0.39, 0.29) is 5.69 Å². The molecular formula is C8H8F2N2O2.